The molecular formula is C14H20N6O. The molecule has 0 aliphatic carbocycles. The molecule has 0 aliphatic heterocycles. The van der Waals surface area contributed by atoms with E-state index in [2.05, 4.69) is 20.7 Å². The third-order valence-corrected chi connectivity index (χ3v) is 2.85. The van der Waals surface area contributed by atoms with Crippen molar-refractivity contribution in [3.05, 3.63) is 36.2 Å². The molecule has 0 spiro atoms. The molecule has 0 aliphatic rings. The van der Waals surface area contributed by atoms with Gasteiger partial charge in [-0.1, -0.05) is 0 Å². The summed E-state index contributed by atoms with van der Waals surface area (Å²) in [5.41, 5.74) is 4.59. The fourth-order valence-electron chi connectivity index (χ4n) is 1.82. The van der Waals surface area contributed by atoms with Gasteiger partial charge < -0.3 is 20.4 Å². The summed E-state index contributed by atoms with van der Waals surface area (Å²) < 4.78 is 5.05. The van der Waals surface area contributed by atoms with Gasteiger partial charge in [0.15, 0.2) is 5.82 Å². The summed E-state index contributed by atoms with van der Waals surface area (Å²) in [6.07, 6.45) is 0. The molecule has 0 fully saturated rings. The van der Waals surface area contributed by atoms with Crippen molar-refractivity contribution >= 4 is 23.0 Å². The van der Waals surface area contributed by atoms with E-state index in [0.717, 1.165) is 11.4 Å². The maximum atomic E-state index is 5.42. The number of nitrogens with zero attached hydrogens (tertiary/aromatic N) is 3. The number of hydrogen-bond donors (Lipinski definition) is 3. The molecular weight excluding hydrogens is 268 g/mol. The Labute approximate surface area is 124 Å². The first-order chi connectivity index (χ1) is 10.1. The molecule has 0 amide bonds. The van der Waals surface area contributed by atoms with E-state index >= 15 is 0 Å². The zero-order valence-electron chi connectivity index (χ0n) is 12.4. The van der Waals surface area contributed by atoms with E-state index in [0.29, 0.717) is 24.1 Å². The predicted octanol–water partition coefficient (Wildman–Crippen LogP) is 1.72. The number of nitrogen functional groups attached to an aromatic ring is 1. The second kappa shape index (κ2) is 6.87. The lowest BCUT2D eigenvalue weighted by Crippen LogP contribution is -2.12. The summed E-state index contributed by atoms with van der Waals surface area (Å²) in [4.78, 5) is 10.6. The third-order valence-electron chi connectivity index (χ3n) is 2.85. The lowest BCUT2D eigenvalue weighted by molar-refractivity contribution is 0.178. The Morgan fingerprint density at radius 1 is 1.14 bits per heavy atom. The fourth-order valence-corrected chi connectivity index (χ4v) is 1.82. The van der Waals surface area contributed by atoms with Crippen molar-refractivity contribution in [1.82, 2.24) is 9.97 Å². The van der Waals surface area contributed by atoms with Gasteiger partial charge in [0.05, 0.1) is 0 Å². The zero-order valence-corrected chi connectivity index (χ0v) is 12.4. The van der Waals surface area contributed by atoms with Gasteiger partial charge >= 0.3 is 0 Å². The third kappa shape index (κ3) is 4.04. The number of benzene rings is 1. The summed E-state index contributed by atoms with van der Waals surface area (Å²) in [5, 5.41) is 3.22. The Bertz CT molecular complexity index is 585. The normalized spacial score (nSPS) is 10.3. The lowest BCUT2D eigenvalue weighted by Gasteiger charge is -2.13. The van der Waals surface area contributed by atoms with Gasteiger partial charge in [-0.15, -0.1) is 0 Å². The number of hydrogen-bond acceptors (Lipinski definition) is 7. The molecule has 0 saturated carbocycles. The van der Waals surface area contributed by atoms with Crippen LogP contribution in [0.25, 0.3) is 0 Å². The topological polar surface area (TPSA) is 88.3 Å². The Kier molecular flexibility index (Phi) is 4.91. The summed E-state index contributed by atoms with van der Waals surface area (Å²) in [6.45, 7) is 0.323. The summed E-state index contributed by atoms with van der Waals surface area (Å²) in [6, 6.07) is 9.77. The van der Waals surface area contributed by atoms with Gasteiger partial charge in [-0.05, 0) is 24.3 Å². The van der Waals surface area contributed by atoms with Crippen LogP contribution in [0.4, 0.5) is 23.0 Å². The summed E-state index contributed by atoms with van der Waals surface area (Å²) >= 11 is 0. The molecule has 1 aromatic heterocycles. The highest BCUT2D eigenvalue weighted by Gasteiger charge is 2.05. The van der Waals surface area contributed by atoms with E-state index in [1.807, 2.05) is 43.3 Å². The van der Waals surface area contributed by atoms with Gasteiger partial charge in [-0.2, -0.15) is 0 Å². The van der Waals surface area contributed by atoms with Crippen LogP contribution in [0.5, 0.6) is 0 Å². The van der Waals surface area contributed by atoms with Crippen molar-refractivity contribution < 1.29 is 4.74 Å². The van der Waals surface area contributed by atoms with Crippen molar-refractivity contribution in [2.45, 2.75) is 6.61 Å². The molecule has 0 saturated heterocycles. The van der Waals surface area contributed by atoms with Crippen LogP contribution in [0.15, 0.2) is 30.3 Å². The number of nitrogens with two attached hydrogens (primary N) is 1. The molecule has 2 rings (SSSR count). The van der Waals surface area contributed by atoms with Crippen molar-refractivity contribution in [2.75, 3.05) is 36.8 Å². The number of methoxy groups -OCH3 is 1. The number of ether oxygens (including phenoxy) is 1. The highest BCUT2D eigenvalue weighted by atomic mass is 16.5. The Morgan fingerprint density at radius 2 is 1.81 bits per heavy atom. The van der Waals surface area contributed by atoms with Gasteiger partial charge in [-0.3, -0.25) is 0 Å². The molecule has 7 heteroatoms. The van der Waals surface area contributed by atoms with Crippen LogP contribution in [-0.2, 0) is 11.3 Å². The van der Waals surface area contributed by atoms with E-state index in [4.69, 9.17) is 10.6 Å². The number of hydrazine groups is 1. The molecule has 0 unspecified atom stereocenters. The van der Waals surface area contributed by atoms with Crippen LogP contribution in [0.3, 0.4) is 0 Å². The van der Waals surface area contributed by atoms with Crippen molar-refractivity contribution in [3.63, 3.8) is 0 Å². The van der Waals surface area contributed by atoms with Crippen molar-refractivity contribution in [1.29, 1.82) is 0 Å². The maximum Gasteiger partial charge on any atom is 0.158 e. The summed E-state index contributed by atoms with van der Waals surface area (Å²) in [7, 11) is 5.60. The average Bonchev–Trinajstić information content (AvgIpc) is 2.48. The van der Waals surface area contributed by atoms with Crippen LogP contribution in [0, 0.1) is 0 Å². The first-order valence-corrected chi connectivity index (χ1v) is 6.50. The minimum Gasteiger partial charge on any atom is -0.378 e. The maximum absolute atomic E-state index is 5.42. The van der Waals surface area contributed by atoms with Gasteiger partial charge in [0.1, 0.15) is 18.2 Å². The Balaban J connectivity index is 2.19. The first-order valence-electron chi connectivity index (χ1n) is 6.50. The van der Waals surface area contributed by atoms with E-state index in [-0.39, 0.29) is 0 Å². The minimum absolute atomic E-state index is 0.323. The molecule has 112 valence electrons. The van der Waals surface area contributed by atoms with E-state index in [1.54, 1.807) is 13.2 Å². The number of nitrogens with one attached hydrogen (secondary N) is 2. The molecule has 4 N–H and O–H groups in total. The van der Waals surface area contributed by atoms with E-state index < -0.39 is 0 Å². The van der Waals surface area contributed by atoms with Crippen LogP contribution in [0.2, 0.25) is 0 Å². The highest BCUT2D eigenvalue weighted by Crippen LogP contribution is 2.20. The van der Waals surface area contributed by atoms with Gasteiger partial charge in [0.2, 0.25) is 0 Å². The summed E-state index contributed by atoms with van der Waals surface area (Å²) in [5.74, 6) is 7.16. The van der Waals surface area contributed by atoms with Crippen LogP contribution >= 0.6 is 0 Å². The molecule has 2 aromatic rings. The molecule has 0 bridgehead atoms. The highest BCUT2D eigenvalue weighted by molar-refractivity contribution is 5.62. The van der Waals surface area contributed by atoms with Crippen molar-refractivity contribution in [3.8, 4) is 0 Å². The van der Waals surface area contributed by atoms with Crippen LogP contribution in [-0.4, -0.2) is 31.2 Å². The largest absolute Gasteiger partial charge is 0.378 e. The van der Waals surface area contributed by atoms with Crippen molar-refractivity contribution in [2.24, 2.45) is 5.84 Å². The standard InChI is InChI=1S/C14H20N6O/c1-20(2)11-6-4-10(5-7-11)16-12-8-13(19-15)18-14(17-12)9-21-3/h4-8H,9,15H2,1-3H3,(H2,16,17,18,19). The SMILES string of the molecule is COCc1nc(NN)cc(Nc2ccc(N(C)C)cc2)n1. The molecule has 1 aromatic carbocycles. The monoisotopic (exact) mass is 288 g/mol. The molecule has 0 atom stereocenters. The fraction of sp³-hybridized carbons (Fsp3) is 0.286. The van der Waals surface area contributed by atoms with Crippen LogP contribution in [0.1, 0.15) is 5.82 Å². The smallest absolute Gasteiger partial charge is 0.158 e. The lowest BCUT2D eigenvalue weighted by atomic mass is 10.2. The van der Waals surface area contributed by atoms with Gasteiger partial charge in [0, 0.05) is 38.6 Å². The quantitative estimate of drug-likeness (QED) is 0.551. The molecule has 0 radical (unpaired) electrons. The molecule has 21 heavy (non-hydrogen) atoms. The average molecular weight is 288 g/mol. The van der Waals surface area contributed by atoms with Gasteiger partial charge in [0.25, 0.3) is 0 Å². The predicted molar refractivity (Wildman–Crippen MR) is 84.6 cm³/mol. The number of anilines is 4. The second-order valence-electron chi connectivity index (χ2n) is 4.70. The second-order valence-corrected chi connectivity index (χ2v) is 4.70. The number of rotatable bonds is 6. The molecule has 1 heterocycles. The van der Waals surface area contributed by atoms with E-state index in [9.17, 15) is 0 Å². The number of aromatic nitrogens is 2. The molecule has 7 nitrogen and oxygen atoms in total. The zero-order chi connectivity index (χ0) is 15.2. The Morgan fingerprint density at radius 3 is 2.38 bits per heavy atom. The van der Waals surface area contributed by atoms with Crippen LogP contribution < -0.4 is 21.5 Å². The Hall–Kier alpha value is -2.38. The van der Waals surface area contributed by atoms with E-state index in [1.165, 1.54) is 0 Å². The van der Waals surface area contributed by atoms with Gasteiger partial charge in [-0.25, -0.2) is 15.8 Å². The minimum atomic E-state index is 0.323. The first kappa shape index (κ1) is 15.0.